The maximum atomic E-state index is 2.63. The molecule has 1 unspecified atom stereocenters. The van der Waals surface area contributed by atoms with Crippen molar-refractivity contribution < 1.29 is 5.48 Å². The minimum Gasteiger partial charge on any atom is -0.412 e. The van der Waals surface area contributed by atoms with Crippen LogP contribution in [0.2, 0.25) is 0 Å². The monoisotopic (exact) mass is 229 g/mol. The fourth-order valence-electron chi connectivity index (χ4n) is 1.12. The zero-order chi connectivity index (χ0) is 10.8. The largest absolute Gasteiger partial charge is 0.412 e. The maximum Gasteiger partial charge on any atom is -0.00474 e. The molecule has 3 heteroatoms. The van der Waals surface area contributed by atoms with Crippen molar-refractivity contribution in [3.8, 4) is 0 Å². The molecule has 0 aliphatic rings. The molecule has 1 aromatic carbocycles. The summed E-state index contributed by atoms with van der Waals surface area (Å²) < 4.78 is 0. The normalized spacial score (nSPS) is 8.87. The second kappa shape index (κ2) is 11.6. The Hall–Kier alpha value is -0.430. The number of nitrogens with zero attached hydrogens (tertiary/aromatic N) is 1. The van der Waals surface area contributed by atoms with Crippen molar-refractivity contribution in [3.05, 3.63) is 30.3 Å². The van der Waals surface area contributed by atoms with E-state index in [2.05, 4.69) is 34.9 Å². The molecule has 2 N–H and O–H groups in total. The highest BCUT2D eigenvalue weighted by molar-refractivity contribution is 7.27. The molecule has 0 radical (unpaired) electrons. The Balaban J connectivity index is 0. The number of rotatable bonds is 3. The number of hydrogen-bond donors (Lipinski definition) is 0. The third kappa shape index (κ3) is 9.86. The van der Waals surface area contributed by atoms with E-state index in [0.29, 0.717) is 0 Å². The van der Waals surface area contributed by atoms with Crippen molar-refractivity contribution in [1.29, 1.82) is 0 Å². The first-order valence-corrected chi connectivity index (χ1v) is 5.85. The predicted octanol–water partition coefficient (Wildman–Crippen LogP) is 1.71. The van der Waals surface area contributed by atoms with E-state index in [-0.39, 0.29) is 5.48 Å². The first-order chi connectivity index (χ1) is 6.74. The second-order valence-electron chi connectivity index (χ2n) is 3.03. The van der Waals surface area contributed by atoms with Gasteiger partial charge in [-0.1, -0.05) is 51.1 Å². The minimum atomic E-state index is 0. The van der Waals surface area contributed by atoms with Crippen molar-refractivity contribution in [2.75, 3.05) is 19.6 Å². The van der Waals surface area contributed by atoms with Crippen LogP contribution < -0.4 is 5.30 Å². The highest BCUT2D eigenvalue weighted by Gasteiger charge is 1.89. The summed E-state index contributed by atoms with van der Waals surface area (Å²) in [4.78, 5) is 2.38. The fourth-order valence-corrected chi connectivity index (χ4v) is 1.35. The van der Waals surface area contributed by atoms with Gasteiger partial charge in [-0.3, -0.25) is 0 Å². The van der Waals surface area contributed by atoms with Crippen molar-refractivity contribution >= 4 is 14.5 Å². The van der Waals surface area contributed by atoms with Crippen molar-refractivity contribution in [1.82, 2.24) is 4.90 Å². The number of benzene rings is 1. The standard InChI is InChI=1S/C6H15N.C6H7P.H2O/c1-4-7(5-2)6-3;7-6-4-2-1-3-5-6;/h4-6H2,1-3H3;1-5H,7H2;1H2. The summed E-state index contributed by atoms with van der Waals surface area (Å²) in [5.41, 5.74) is 0. The van der Waals surface area contributed by atoms with Crippen LogP contribution in [-0.4, -0.2) is 30.0 Å². The fraction of sp³-hybridized carbons (Fsp3) is 0.500. The van der Waals surface area contributed by atoms with E-state index in [1.807, 2.05) is 30.3 Å². The van der Waals surface area contributed by atoms with Crippen LogP contribution in [0.5, 0.6) is 0 Å². The van der Waals surface area contributed by atoms with Gasteiger partial charge in [0, 0.05) is 0 Å². The molecule has 0 amide bonds. The molecule has 0 saturated heterocycles. The molecule has 0 bridgehead atoms. The summed E-state index contributed by atoms with van der Waals surface area (Å²) in [6, 6.07) is 10.1. The van der Waals surface area contributed by atoms with E-state index in [1.165, 1.54) is 24.9 Å². The molecule has 2 nitrogen and oxygen atoms in total. The van der Waals surface area contributed by atoms with Crippen molar-refractivity contribution in [2.24, 2.45) is 0 Å². The van der Waals surface area contributed by atoms with E-state index in [4.69, 9.17) is 0 Å². The van der Waals surface area contributed by atoms with Gasteiger partial charge in [0.05, 0.1) is 0 Å². The Labute approximate surface area is 96.2 Å². The molecule has 15 heavy (non-hydrogen) atoms. The third-order valence-corrected chi connectivity index (χ3v) is 2.53. The summed E-state index contributed by atoms with van der Waals surface area (Å²) in [5.74, 6) is 0. The SMILES string of the molecule is CCN(CC)CC.O.Pc1ccccc1. The summed E-state index contributed by atoms with van der Waals surface area (Å²) in [5, 5.41) is 1.24. The summed E-state index contributed by atoms with van der Waals surface area (Å²) >= 11 is 0. The average Bonchev–Trinajstić information content (AvgIpc) is 2.22. The first-order valence-electron chi connectivity index (χ1n) is 5.27. The second-order valence-corrected chi connectivity index (χ2v) is 3.70. The van der Waals surface area contributed by atoms with Gasteiger partial charge in [0.25, 0.3) is 0 Å². The molecule has 0 aromatic heterocycles. The third-order valence-electron chi connectivity index (χ3n) is 2.14. The summed E-state index contributed by atoms with van der Waals surface area (Å²) in [7, 11) is 2.63. The van der Waals surface area contributed by atoms with Crippen LogP contribution in [0.3, 0.4) is 0 Å². The van der Waals surface area contributed by atoms with E-state index in [0.717, 1.165) is 0 Å². The first kappa shape index (κ1) is 17.0. The molecule has 1 rings (SSSR count). The zero-order valence-corrected chi connectivity index (χ0v) is 11.2. The highest BCUT2D eigenvalue weighted by Crippen LogP contribution is 1.86. The molecule has 1 atom stereocenters. The predicted molar refractivity (Wildman–Crippen MR) is 72.9 cm³/mol. The topological polar surface area (TPSA) is 34.7 Å². The number of hydrogen-bond acceptors (Lipinski definition) is 1. The Kier molecular flexibility index (Phi) is 13.2. The molecule has 88 valence electrons. The van der Waals surface area contributed by atoms with Crippen LogP contribution in [-0.2, 0) is 0 Å². The molecular formula is C12H24NOP. The lowest BCUT2D eigenvalue weighted by atomic mass is 10.4. The quantitative estimate of drug-likeness (QED) is 0.727. The van der Waals surface area contributed by atoms with Crippen LogP contribution in [0, 0.1) is 0 Å². The van der Waals surface area contributed by atoms with E-state index in [1.54, 1.807) is 0 Å². The highest BCUT2D eigenvalue weighted by atomic mass is 31.0. The molecule has 0 spiro atoms. The summed E-state index contributed by atoms with van der Waals surface area (Å²) in [6.07, 6.45) is 0. The lowest BCUT2D eigenvalue weighted by molar-refractivity contribution is 0.321. The van der Waals surface area contributed by atoms with Crippen LogP contribution in [0.15, 0.2) is 30.3 Å². The zero-order valence-electron chi connectivity index (χ0n) is 10.0. The van der Waals surface area contributed by atoms with Gasteiger partial charge in [-0.25, -0.2) is 0 Å². The molecule has 1 aromatic rings. The smallest absolute Gasteiger partial charge is 0.00474 e. The van der Waals surface area contributed by atoms with Gasteiger partial charge >= 0.3 is 0 Å². The Bertz CT molecular complexity index is 207. The van der Waals surface area contributed by atoms with Gasteiger partial charge in [-0.05, 0) is 24.9 Å². The van der Waals surface area contributed by atoms with Gasteiger partial charge in [-0.15, -0.1) is 9.24 Å². The van der Waals surface area contributed by atoms with Crippen LogP contribution in [0.4, 0.5) is 0 Å². The molecular weight excluding hydrogens is 205 g/mol. The van der Waals surface area contributed by atoms with Crippen LogP contribution >= 0.6 is 9.24 Å². The Morgan fingerprint density at radius 2 is 1.33 bits per heavy atom. The van der Waals surface area contributed by atoms with Gasteiger partial charge < -0.3 is 10.4 Å². The molecule has 0 fully saturated rings. The van der Waals surface area contributed by atoms with Crippen LogP contribution in [0.25, 0.3) is 0 Å². The molecule has 0 aliphatic heterocycles. The van der Waals surface area contributed by atoms with E-state index >= 15 is 0 Å². The summed E-state index contributed by atoms with van der Waals surface area (Å²) in [6.45, 7) is 10.1. The minimum absolute atomic E-state index is 0. The lowest BCUT2D eigenvalue weighted by Crippen LogP contribution is -2.21. The average molecular weight is 229 g/mol. The Morgan fingerprint density at radius 1 is 0.933 bits per heavy atom. The van der Waals surface area contributed by atoms with Crippen molar-refractivity contribution in [2.45, 2.75) is 20.8 Å². The maximum absolute atomic E-state index is 2.63. The lowest BCUT2D eigenvalue weighted by Gasteiger charge is -2.13. The van der Waals surface area contributed by atoms with Gasteiger partial charge in [-0.2, -0.15) is 0 Å². The Morgan fingerprint density at radius 3 is 1.47 bits per heavy atom. The van der Waals surface area contributed by atoms with E-state index < -0.39 is 0 Å². The van der Waals surface area contributed by atoms with Crippen molar-refractivity contribution in [3.63, 3.8) is 0 Å². The van der Waals surface area contributed by atoms with E-state index in [9.17, 15) is 0 Å². The van der Waals surface area contributed by atoms with Gasteiger partial charge in [0.2, 0.25) is 0 Å². The molecule has 0 heterocycles. The van der Waals surface area contributed by atoms with Gasteiger partial charge in [0.15, 0.2) is 0 Å². The van der Waals surface area contributed by atoms with Crippen LogP contribution in [0.1, 0.15) is 20.8 Å². The van der Waals surface area contributed by atoms with Gasteiger partial charge in [0.1, 0.15) is 0 Å². The molecule has 0 aliphatic carbocycles. The molecule has 0 saturated carbocycles.